The molecule has 0 unspecified atom stereocenters. The lowest BCUT2D eigenvalue weighted by Crippen LogP contribution is -2.37. The maximum absolute atomic E-state index is 11.8. The van der Waals surface area contributed by atoms with Crippen molar-refractivity contribution in [1.82, 2.24) is 15.6 Å². The van der Waals surface area contributed by atoms with Crippen molar-refractivity contribution in [1.29, 1.82) is 0 Å². The number of guanidine groups is 1. The van der Waals surface area contributed by atoms with E-state index in [1.807, 2.05) is 58.9 Å². The van der Waals surface area contributed by atoms with E-state index in [1.165, 1.54) is 4.88 Å². The molecular weight excluding hydrogens is 386 g/mol. The van der Waals surface area contributed by atoms with Crippen LogP contribution < -0.4 is 16.0 Å². The minimum atomic E-state index is -0.514. The first-order valence-corrected chi connectivity index (χ1v) is 10.4. The molecule has 0 aliphatic rings. The van der Waals surface area contributed by atoms with Crippen molar-refractivity contribution in [2.45, 2.75) is 53.2 Å². The molecule has 0 aliphatic carbocycles. The van der Waals surface area contributed by atoms with Gasteiger partial charge in [0.05, 0.1) is 17.2 Å². The molecule has 0 saturated heterocycles. The maximum atomic E-state index is 11.8. The van der Waals surface area contributed by atoms with Crippen molar-refractivity contribution in [2.75, 3.05) is 18.9 Å². The number of hydrogen-bond acceptors (Lipinski definition) is 5. The van der Waals surface area contributed by atoms with Crippen LogP contribution in [0.1, 0.15) is 41.9 Å². The molecule has 0 saturated carbocycles. The van der Waals surface area contributed by atoms with Gasteiger partial charge in [-0.3, -0.25) is 10.3 Å². The second kappa shape index (κ2) is 10.2. The first-order chi connectivity index (χ1) is 13.7. The highest BCUT2D eigenvalue weighted by Crippen LogP contribution is 2.16. The zero-order valence-corrected chi connectivity index (χ0v) is 18.9. The van der Waals surface area contributed by atoms with E-state index in [0.717, 1.165) is 35.2 Å². The summed E-state index contributed by atoms with van der Waals surface area (Å²) < 4.78 is 5.26. The van der Waals surface area contributed by atoms with Crippen LogP contribution in [0.15, 0.2) is 29.3 Å². The SMILES string of the molecule is CN=C(NCCc1ccc(NC(=O)OC(C)(C)C)cc1)NCc1sc(C)nc1C. The molecular formula is C21H31N5O2S. The average Bonchev–Trinajstić information content (AvgIpc) is 2.95. The minimum absolute atomic E-state index is 0.451. The molecule has 1 heterocycles. The Hall–Kier alpha value is -2.61. The molecule has 0 fully saturated rings. The highest BCUT2D eigenvalue weighted by atomic mass is 32.1. The monoisotopic (exact) mass is 417 g/mol. The molecule has 2 rings (SSSR count). The van der Waals surface area contributed by atoms with Crippen LogP contribution in [-0.2, 0) is 17.7 Å². The highest BCUT2D eigenvalue weighted by molar-refractivity contribution is 7.11. The molecule has 0 bridgehead atoms. The van der Waals surface area contributed by atoms with E-state index in [1.54, 1.807) is 18.4 Å². The average molecular weight is 418 g/mol. The Labute approximate surface area is 177 Å². The Morgan fingerprint density at radius 2 is 1.86 bits per heavy atom. The summed E-state index contributed by atoms with van der Waals surface area (Å²) in [6.07, 6.45) is 0.389. The Morgan fingerprint density at radius 3 is 2.41 bits per heavy atom. The molecule has 8 heteroatoms. The predicted molar refractivity (Wildman–Crippen MR) is 120 cm³/mol. The van der Waals surface area contributed by atoms with E-state index in [9.17, 15) is 4.79 Å². The number of carbonyl (C=O) groups excluding carboxylic acids is 1. The van der Waals surface area contributed by atoms with Gasteiger partial charge in [-0.1, -0.05) is 12.1 Å². The lowest BCUT2D eigenvalue weighted by molar-refractivity contribution is 0.0636. The highest BCUT2D eigenvalue weighted by Gasteiger charge is 2.16. The largest absolute Gasteiger partial charge is 0.444 e. The van der Waals surface area contributed by atoms with Crippen LogP contribution in [-0.4, -0.2) is 36.2 Å². The zero-order valence-electron chi connectivity index (χ0n) is 18.0. The maximum Gasteiger partial charge on any atom is 0.412 e. The number of nitrogens with one attached hydrogen (secondary N) is 3. The molecule has 7 nitrogen and oxygen atoms in total. The number of ether oxygens (including phenoxy) is 1. The predicted octanol–water partition coefficient (Wildman–Crippen LogP) is 4.01. The van der Waals surface area contributed by atoms with Crippen molar-refractivity contribution < 1.29 is 9.53 Å². The summed E-state index contributed by atoms with van der Waals surface area (Å²) >= 11 is 1.70. The number of benzene rings is 1. The zero-order chi connectivity index (χ0) is 21.4. The number of aromatic nitrogens is 1. The fourth-order valence-corrected chi connectivity index (χ4v) is 3.50. The van der Waals surface area contributed by atoms with Gasteiger partial charge in [-0.15, -0.1) is 11.3 Å². The van der Waals surface area contributed by atoms with Crippen molar-refractivity contribution >= 4 is 29.1 Å². The van der Waals surface area contributed by atoms with E-state index >= 15 is 0 Å². The van der Waals surface area contributed by atoms with Gasteiger partial charge in [0.15, 0.2) is 5.96 Å². The number of anilines is 1. The molecule has 2 aromatic rings. The van der Waals surface area contributed by atoms with Crippen LogP contribution in [0.2, 0.25) is 0 Å². The van der Waals surface area contributed by atoms with E-state index in [-0.39, 0.29) is 0 Å². The number of hydrogen-bond donors (Lipinski definition) is 3. The Bertz CT molecular complexity index is 838. The molecule has 158 valence electrons. The van der Waals surface area contributed by atoms with E-state index in [2.05, 4.69) is 25.9 Å². The van der Waals surface area contributed by atoms with Crippen molar-refractivity contribution in [2.24, 2.45) is 4.99 Å². The van der Waals surface area contributed by atoms with Crippen LogP contribution in [0.25, 0.3) is 0 Å². The quantitative estimate of drug-likeness (QED) is 0.488. The fourth-order valence-electron chi connectivity index (χ4n) is 2.62. The van der Waals surface area contributed by atoms with E-state index in [4.69, 9.17) is 4.74 Å². The summed E-state index contributed by atoms with van der Waals surface area (Å²) in [6, 6.07) is 7.74. The summed E-state index contributed by atoms with van der Waals surface area (Å²) in [4.78, 5) is 21.7. The summed E-state index contributed by atoms with van der Waals surface area (Å²) in [7, 11) is 1.76. The van der Waals surface area contributed by atoms with Gasteiger partial charge in [0.1, 0.15) is 5.60 Å². The lowest BCUT2D eigenvalue weighted by atomic mass is 10.1. The summed E-state index contributed by atoms with van der Waals surface area (Å²) in [6.45, 7) is 11.0. The van der Waals surface area contributed by atoms with Crippen LogP contribution in [0.5, 0.6) is 0 Å². The van der Waals surface area contributed by atoms with E-state index < -0.39 is 11.7 Å². The number of amides is 1. The van der Waals surface area contributed by atoms with E-state index in [0.29, 0.717) is 12.2 Å². The fraction of sp³-hybridized carbons (Fsp3) is 0.476. The second-order valence-electron chi connectivity index (χ2n) is 7.67. The molecule has 1 amide bonds. The first kappa shape index (κ1) is 22.7. The Kier molecular flexibility index (Phi) is 8.01. The van der Waals surface area contributed by atoms with Crippen LogP contribution in [0, 0.1) is 13.8 Å². The number of thiazole rings is 1. The van der Waals surface area contributed by atoms with Gasteiger partial charge in [0.25, 0.3) is 0 Å². The molecule has 1 aromatic carbocycles. The topological polar surface area (TPSA) is 87.6 Å². The van der Waals surface area contributed by atoms with Crippen LogP contribution >= 0.6 is 11.3 Å². The van der Waals surface area contributed by atoms with Gasteiger partial charge in [-0.05, 0) is 58.7 Å². The summed E-state index contributed by atoms with van der Waals surface area (Å²) in [5.74, 6) is 0.763. The van der Waals surface area contributed by atoms with Gasteiger partial charge < -0.3 is 15.4 Å². The second-order valence-corrected chi connectivity index (χ2v) is 8.96. The van der Waals surface area contributed by atoms with Gasteiger partial charge in [-0.2, -0.15) is 0 Å². The number of carbonyl (C=O) groups is 1. The minimum Gasteiger partial charge on any atom is -0.444 e. The van der Waals surface area contributed by atoms with Gasteiger partial charge >= 0.3 is 6.09 Å². The molecule has 0 radical (unpaired) electrons. The number of nitrogens with zero attached hydrogens (tertiary/aromatic N) is 2. The van der Waals surface area contributed by atoms with Crippen LogP contribution in [0.4, 0.5) is 10.5 Å². The van der Waals surface area contributed by atoms with Crippen molar-refractivity contribution in [3.8, 4) is 0 Å². The van der Waals surface area contributed by atoms with Gasteiger partial charge in [0, 0.05) is 24.2 Å². The third kappa shape index (κ3) is 8.11. The molecule has 0 spiro atoms. The summed E-state index contributed by atoms with van der Waals surface area (Å²) in [5, 5.41) is 10.5. The molecule has 3 N–H and O–H groups in total. The molecule has 0 aliphatic heterocycles. The van der Waals surface area contributed by atoms with Gasteiger partial charge in [-0.25, -0.2) is 9.78 Å². The number of rotatable bonds is 6. The number of aryl methyl sites for hydroxylation is 2. The Balaban J connectivity index is 1.76. The third-order valence-electron chi connectivity index (χ3n) is 3.94. The normalized spacial score (nSPS) is 11.9. The van der Waals surface area contributed by atoms with Gasteiger partial charge in [0.2, 0.25) is 0 Å². The number of aliphatic imine (C=N–C) groups is 1. The molecule has 1 aromatic heterocycles. The lowest BCUT2D eigenvalue weighted by Gasteiger charge is -2.19. The van der Waals surface area contributed by atoms with Crippen molar-refractivity contribution in [3.05, 3.63) is 45.4 Å². The standard InChI is InChI=1S/C21H31N5O2S/c1-14-18(29-15(2)25-14)13-24-19(22-6)23-12-11-16-7-9-17(10-8-16)26-20(27)28-21(3,4)5/h7-10H,11-13H2,1-6H3,(H,26,27)(H2,22,23,24). The Morgan fingerprint density at radius 1 is 1.17 bits per heavy atom. The smallest absolute Gasteiger partial charge is 0.412 e. The van der Waals surface area contributed by atoms with Crippen molar-refractivity contribution in [3.63, 3.8) is 0 Å². The first-order valence-electron chi connectivity index (χ1n) is 9.62. The van der Waals surface area contributed by atoms with Crippen LogP contribution in [0.3, 0.4) is 0 Å². The third-order valence-corrected chi connectivity index (χ3v) is 5.02. The summed E-state index contributed by atoms with van der Waals surface area (Å²) in [5.41, 5.74) is 2.43. The molecule has 29 heavy (non-hydrogen) atoms. The molecule has 0 atom stereocenters.